The molecular weight excluding hydrogens is 375 g/mol. The van der Waals surface area contributed by atoms with Gasteiger partial charge >= 0.3 is 0 Å². The Morgan fingerprint density at radius 1 is 0.690 bits per heavy atom. The van der Waals surface area contributed by atoms with Crippen LogP contribution in [-0.4, -0.2) is 14.2 Å². The van der Waals surface area contributed by atoms with Crippen LogP contribution in [0, 0.1) is 71.5 Å². The Hall–Kier alpha value is -4.17. The Labute approximate surface area is 173 Å². The van der Waals surface area contributed by atoms with Crippen molar-refractivity contribution in [2.45, 2.75) is 0 Å². The molecular formula is C26H15O2P. The van der Waals surface area contributed by atoms with Gasteiger partial charge in [0.05, 0.1) is 27.7 Å². The largest absolute Gasteiger partial charge is 0.496 e. The molecule has 0 radical (unpaired) electrons. The molecule has 2 aromatic rings. The van der Waals surface area contributed by atoms with Crippen molar-refractivity contribution >= 4 is 13.2 Å². The molecule has 0 saturated heterocycles. The molecule has 0 atom stereocenters. The topological polar surface area (TPSA) is 18.5 Å². The maximum absolute atomic E-state index is 5.57. The van der Waals surface area contributed by atoms with Crippen molar-refractivity contribution < 1.29 is 9.47 Å². The van der Waals surface area contributed by atoms with Gasteiger partial charge in [-0.15, -0.1) is 12.8 Å². The highest BCUT2D eigenvalue weighted by molar-refractivity contribution is 7.75. The minimum absolute atomic E-state index is 0.687. The zero-order valence-electron chi connectivity index (χ0n) is 16.0. The van der Waals surface area contributed by atoms with Crippen LogP contribution < -0.4 is 14.8 Å². The fourth-order valence-electron chi connectivity index (χ4n) is 2.45. The number of rotatable bonds is 4. The molecule has 0 amide bonds. The maximum Gasteiger partial charge on any atom is 0.130 e. The highest BCUT2D eigenvalue weighted by Gasteiger charge is 2.19. The Kier molecular flexibility index (Phi) is 8.40. The van der Waals surface area contributed by atoms with Crippen LogP contribution in [0.2, 0.25) is 0 Å². The van der Waals surface area contributed by atoms with Crippen molar-refractivity contribution in [3.8, 4) is 94.2 Å². The Morgan fingerprint density at radius 2 is 1.24 bits per heavy atom. The fourth-order valence-corrected chi connectivity index (χ4v) is 3.74. The van der Waals surface area contributed by atoms with Crippen molar-refractivity contribution in [1.82, 2.24) is 0 Å². The molecule has 0 aliphatic carbocycles. The second-order valence-corrected chi connectivity index (χ2v) is 6.75. The van der Waals surface area contributed by atoms with Crippen LogP contribution in [0.3, 0.4) is 0 Å². The van der Waals surface area contributed by atoms with E-state index in [2.05, 4.69) is 58.7 Å². The van der Waals surface area contributed by atoms with E-state index in [1.807, 2.05) is 42.5 Å². The minimum atomic E-state index is -1.24. The predicted molar refractivity (Wildman–Crippen MR) is 120 cm³/mol. The molecule has 2 rings (SSSR count). The van der Waals surface area contributed by atoms with E-state index in [4.69, 9.17) is 22.3 Å². The SMILES string of the molecule is C#CC#CC#CP(C#CC#CC#C)c1ccccc1-c1c(OC)cccc1OC. The number of benzene rings is 2. The number of ether oxygens (including phenoxy) is 2. The van der Waals surface area contributed by atoms with Crippen LogP contribution in [0.4, 0.5) is 0 Å². The third-order valence-corrected chi connectivity index (χ3v) is 5.11. The first kappa shape index (κ1) is 21.1. The van der Waals surface area contributed by atoms with Crippen LogP contribution in [0.1, 0.15) is 0 Å². The number of hydrogen-bond donors (Lipinski definition) is 0. The van der Waals surface area contributed by atoms with E-state index in [-0.39, 0.29) is 0 Å². The number of terminal acetylenes is 2. The summed E-state index contributed by atoms with van der Waals surface area (Å²) in [7, 11) is 1.99. The molecule has 0 saturated carbocycles. The highest BCUT2D eigenvalue weighted by atomic mass is 31.1. The third-order valence-electron chi connectivity index (χ3n) is 3.57. The fraction of sp³-hybridized carbons (Fsp3) is 0.0769. The molecule has 0 N–H and O–H groups in total. The zero-order valence-corrected chi connectivity index (χ0v) is 16.9. The lowest BCUT2D eigenvalue weighted by atomic mass is 10.0. The second-order valence-electron chi connectivity index (χ2n) is 5.15. The summed E-state index contributed by atoms with van der Waals surface area (Å²) >= 11 is 0. The van der Waals surface area contributed by atoms with E-state index >= 15 is 0 Å². The molecule has 0 fully saturated rings. The molecule has 136 valence electrons. The van der Waals surface area contributed by atoms with Gasteiger partial charge in [-0.3, -0.25) is 0 Å². The quantitative estimate of drug-likeness (QED) is 0.586. The van der Waals surface area contributed by atoms with Crippen molar-refractivity contribution in [3.05, 3.63) is 42.5 Å². The molecule has 2 nitrogen and oxygen atoms in total. The van der Waals surface area contributed by atoms with Crippen LogP contribution in [0.5, 0.6) is 11.5 Å². The van der Waals surface area contributed by atoms with Gasteiger partial charge in [0.15, 0.2) is 0 Å². The minimum Gasteiger partial charge on any atom is -0.496 e. The summed E-state index contributed by atoms with van der Waals surface area (Å²) in [4.78, 5) is 0. The van der Waals surface area contributed by atoms with Crippen molar-refractivity contribution in [2.75, 3.05) is 14.2 Å². The molecule has 0 heterocycles. The molecule has 29 heavy (non-hydrogen) atoms. The van der Waals surface area contributed by atoms with E-state index in [0.717, 1.165) is 16.4 Å². The summed E-state index contributed by atoms with van der Waals surface area (Å²) in [6.45, 7) is 0. The van der Waals surface area contributed by atoms with Gasteiger partial charge in [-0.2, -0.15) is 0 Å². The standard InChI is InChI=1S/C26H15O2P/c1-5-7-9-13-20-29(21-14-10-8-6-2)25-19-12-11-16-22(25)26-23(27-3)17-15-18-24(26)28-4/h1-2,11-12,15-19H,3-4H3. The van der Waals surface area contributed by atoms with Gasteiger partial charge in [-0.1, -0.05) is 30.3 Å². The lowest BCUT2D eigenvalue weighted by Gasteiger charge is -2.17. The molecule has 2 aromatic carbocycles. The van der Waals surface area contributed by atoms with Gasteiger partial charge in [0.1, 0.15) is 11.5 Å². The maximum atomic E-state index is 5.57. The summed E-state index contributed by atoms with van der Waals surface area (Å²) in [5, 5.41) is 0.926. The lowest BCUT2D eigenvalue weighted by Crippen LogP contribution is -2.05. The molecule has 0 unspecified atom stereocenters. The normalized spacial score (nSPS) is 8.17. The third kappa shape index (κ3) is 5.65. The number of hydrogen-bond acceptors (Lipinski definition) is 2. The average Bonchev–Trinajstić information content (AvgIpc) is 2.77. The molecule has 0 spiro atoms. The first-order valence-electron chi connectivity index (χ1n) is 8.29. The van der Waals surface area contributed by atoms with E-state index in [1.165, 1.54) is 0 Å². The predicted octanol–water partition coefficient (Wildman–Crippen LogP) is 3.67. The summed E-state index contributed by atoms with van der Waals surface area (Å²) < 4.78 is 11.1. The Morgan fingerprint density at radius 3 is 1.76 bits per heavy atom. The Bertz CT molecular complexity index is 1160. The smallest absolute Gasteiger partial charge is 0.130 e. The van der Waals surface area contributed by atoms with Crippen molar-refractivity contribution in [1.29, 1.82) is 0 Å². The summed E-state index contributed by atoms with van der Waals surface area (Å²) in [6, 6.07) is 13.5. The van der Waals surface area contributed by atoms with Crippen LogP contribution in [-0.2, 0) is 0 Å². The van der Waals surface area contributed by atoms with Crippen LogP contribution in [0.25, 0.3) is 11.1 Å². The summed E-state index contributed by atoms with van der Waals surface area (Å²) in [5.41, 5.74) is 7.94. The lowest BCUT2D eigenvalue weighted by molar-refractivity contribution is 0.397. The van der Waals surface area contributed by atoms with Gasteiger partial charge in [-0.05, 0) is 76.4 Å². The summed E-state index contributed by atoms with van der Waals surface area (Å²) in [6.07, 6.45) is 10.3. The van der Waals surface area contributed by atoms with Gasteiger partial charge < -0.3 is 9.47 Å². The highest BCUT2D eigenvalue weighted by Crippen LogP contribution is 2.42. The van der Waals surface area contributed by atoms with E-state index in [9.17, 15) is 0 Å². The van der Waals surface area contributed by atoms with Crippen LogP contribution in [0.15, 0.2) is 42.5 Å². The molecule has 0 aromatic heterocycles. The van der Waals surface area contributed by atoms with Crippen molar-refractivity contribution in [2.24, 2.45) is 0 Å². The first-order valence-corrected chi connectivity index (χ1v) is 9.64. The molecule has 0 bridgehead atoms. The second kappa shape index (κ2) is 11.5. The van der Waals surface area contributed by atoms with Gasteiger partial charge in [-0.25, -0.2) is 0 Å². The van der Waals surface area contributed by atoms with Gasteiger partial charge in [0.25, 0.3) is 0 Å². The van der Waals surface area contributed by atoms with Gasteiger partial charge in [0, 0.05) is 5.30 Å². The Balaban J connectivity index is 2.72. The van der Waals surface area contributed by atoms with Crippen LogP contribution >= 0.6 is 7.92 Å². The van der Waals surface area contributed by atoms with Gasteiger partial charge in [0.2, 0.25) is 0 Å². The average molecular weight is 390 g/mol. The first-order chi connectivity index (χ1) is 14.3. The van der Waals surface area contributed by atoms with E-state index < -0.39 is 7.92 Å². The molecule has 3 heteroatoms. The van der Waals surface area contributed by atoms with Crippen molar-refractivity contribution in [3.63, 3.8) is 0 Å². The molecule has 0 aliphatic heterocycles. The molecule has 0 aliphatic rings. The number of methoxy groups -OCH3 is 2. The van der Waals surface area contributed by atoms with E-state index in [1.54, 1.807) is 14.2 Å². The monoisotopic (exact) mass is 390 g/mol. The zero-order chi connectivity index (χ0) is 20.9. The summed E-state index contributed by atoms with van der Waals surface area (Å²) in [5.74, 6) is 21.6. The van der Waals surface area contributed by atoms with E-state index in [0.29, 0.717) is 11.5 Å².